The number of aryl methyl sites for hydroxylation is 1. The van der Waals surface area contributed by atoms with Crippen molar-refractivity contribution in [2.24, 2.45) is 0 Å². The molecule has 0 spiro atoms. The summed E-state index contributed by atoms with van der Waals surface area (Å²) < 4.78 is 4.89. The van der Waals surface area contributed by atoms with Crippen molar-refractivity contribution in [3.63, 3.8) is 0 Å². The van der Waals surface area contributed by atoms with Gasteiger partial charge in [-0.1, -0.05) is 5.16 Å². The van der Waals surface area contributed by atoms with Crippen molar-refractivity contribution >= 4 is 0 Å². The monoisotopic (exact) mass is 167 g/mol. The molecule has 0 saturated carbocycles. The lowest BCUT2D eigenvalue weighted by molar-refractivity contribution is 0.384. The summed E-state index contributed by atoms with van der Waals surface area (Å²) in [6, 6.07) is 0.557. The van der Waals surface area contributed by atoms with E-state index in [0.29, 0.717) is 11.9 Å². The standard InChI is InChI=1S/C8H13N3O/c1-6-10-8(11-12-6)5-7-3-2-4-9-7/h7,9H,2-5H2,1H3. The van der Waals surface area contributed by atoms with Crippen LogP contribution in [0.4, 0.5) is 0 Å². The highest BCUT2D eigenvalue weighted by Gasteiger charge is 2.16. The molecule has 0 aromatic carbocycles. The van der Waals surface area contributed by atoms with E-state index in [9.17, 15) is 0 Å². The molecule has 0 aliphatic carbocycles. The van der Waals surface area contributed by atoms with Crippen molar-refractivity contribution in [2.75, 3.05) is 6.54 Å². The van der Waals surface area contributed by atoms with Crippen molar-refractivity contribution < 1.29 is 4.52 Å². The third-order valence-electron chi connectivity index (χ3n) is 2.16. The quantitative estimate of drug-likeness (QED) is 0.703. The molecule has 1 aliphatic heterocycles. The van der Waals surface area contributed by atoms with Crippen LogP contribution in [0.5, 0.6) is 0 Å². The lowest BCUT2D eigenvalue weighted by Crippen LogP contribution is -2.24. The molecule has 0 bridgehead atoms. The molecule has 1 aromatic rings. The summed E-state index contributed by atoms with van der Waals surface area (Å²) in [5.41, 5.74) is 0. The summed E-state index contributed by atoms with van der Waals surface area (Å²) in [5.74, 6) is 1.48. The highest BCUT2D eigenvalue weighted by molar-refractivity contribution is 4.90. The van der Waals surface area contributed by atoms with Gasteiger partial charge in [-0.15, -0.1) is 0 Å². The van der Waals surface area contributed by atoms with Gasteiger partial charge in [-0.05, 0) is 19.4 Å². The van der Waals surface area contributed by atoms with Crippen LogP contribution in [0.25, 0.3) is 0 Å². The van der Waals surface area contributed by atoms with Gasteiger partial charge in [-0.3, -0.25) is 0 Å². The first-order valence-electron chi connectivity index (χ1n) is 4.37. The first kappa shape index (κ1) is 7.73. The smallest absolute Gasteiger partial charge is 0.223 e. The van der Waals surface area contributed by atoms with Crippen LogP contribution in [0.1, 0.15) is 24.6 Å². The summed E-state index contributed by atoms with van der Waals surface area (Å²) in [5, 5.41) is 7.25. The average molecular weight is 167 g/mol. The van der Waals surface area contributed by atoms with E-state index < -0.39 is 0 Å². The van der Waals surface area contributed by atoms with Gasteiger partial charge in [0.05, 0.1) is 0 Å². The molecule has 1 aliphatic rings. The maximum atomic E-state index is 4.89. The van der Waals surface area contributed by atoms with Crippen molar-refractivity contribution in [2.45, 2.75) is 32.2 Å². The van der Waals surface area contributed by atoms with E-state index in [1.807, 2.05) is 6.92 Å². The third kappa shape index (κ3) is 1.64. The van der Waals surface area contributed by atoms with Crippen LogP contribution in [0.15, 0.2) is 4.52 Å². The summed E-state index contributed by atoms with van der Waals surface area (Å²) in [6.07, 6.45) is 3.40. The van der Waals surface area contributed by atoms with Gasteiger partial charge in [0.2, 0.25) is 5.89 Å². The molecule has 1 fully saturated rings. The molecule has 0 radical (unpaired) electrons. The summed E-state index contributed by atoms with van der Waals surface area (Å²) in [7, 11) is 0. The van der Waals surface area contributed by atoms with Crippen LogP contribution >= 0.6 is 0 Å². The van der Waals surface area contributed by atoms with E-state index in [-0.39, 0.29) is 0 Å². The molecule has 2 heterocycles. The minimum Gasteiger partial charge on any atom is -0.340 e. The number of hydrogen-bond acceptors (Lipinski definition) is 4. The van der Waals surface area contributed by atoms with Gasteiger partial charge in [-0.2, -0.15) is 4.98 Å². The fourth-order valence-corrected chi connectivity index (χ4v) is 1.58. The highest BCUT2D eigenvalue weighted by atomic mass is 16.5. The molecule has 4 heteroatoms. The van der Waals surface area contributed by atoms with E-state index >= 15 is 0 Å². The van der Waals surface area contributed by atoms with E-state index in [1.165, 1.54) is 12.8 Å². The molecule has 1 atom stereocenters. The minimum atomic E-state index is 0.557. The average Bonchev–Trinajstić information content (AvgIpc) is 2.63. The van der Waals surface area contributed by atoms with Crippen LogP contribution in [0, 0.1) is 6.92 Å². The Hall–Kier alpha value is -0.900. The lowest BCUT2D eigenvalue weighted by Gasteiger charge is -2.04. The fourth-order valence-electron chi connectivity index (χ4n) is 1.58. The van der Waals surface area contributed by atoms with Gasteiger partial charge in [-0.25, -0.2) is 0 Å². The summed E-state index contributed by atoms with van der Waals surface area (Å²) in [4.78, 5) is 4.16. The van der Waals surface area contributed by atoms with Crippen LogP contribution in [0.3, 0.4) is 0 Å². The second kappa shape index (κ2) is 3.23. The van der Waals surface area contributed by atoms with Gasteiger partial charge in [0.25, 0.3) is 0 Å². The topological polar surface area (TPSA) is 51.0 Å². The zero-order chi connectivity index (χ0) is 8.39. The predicted molar refractivity (Wildman–Crippen MR) is 43.8 cm³/mol. The number of nitrogens with one attached hydrogen (secondary N) is 1. The van der Waals surface area contributed by atoms with Gasteiger partial charge in [0.1, 0.15) is 0 Å². The molecule has 1 saturated heterocycles. The Bertz CT molecular complexity index is 253. The highest BCUT2D eigenvalue weighted by Crippen LogP contribution is 2.09. The van der Waals surface area contributed by atoms with Crippen LogP contribution in [-0.4, -0.2) is 22.7 Å². The third-order valence-corrected chi connectivity index (χ3v) is 2.16. The normalized spacial score (nSPS) is 23.2. The second-order valence-electron chi connectivity index (χ2n) is 3.23. The van der Waals surface area contributed by atoms with E-state index in [1.54, 1.807) is 0 Å². The van der Waals surface area contributed by atoms with Gasteiger partial charge in [0, 0.05) is 19.4 Å². The Kier molecular flexibility index (Phi) is 2.08. The van der Waals surface area contributed by atoms with E-state index in [4.69, 9.17) is 4.52 Å². The van der Waals surface area contributed by atoms with E-state index in [0.717, 1.165) is 18.8 Å². The molecule has 4 nitrogen and oxygen atoms in total. The maximum Gasteiger partial charge on any atom is 0.223 e. The van der Waals surface area contributed by atoms with Gasteiger partial charge >= 0.3 is 0 Å². The summed E-state index contributed by atoms with van der Waals surface area (Å²) in [6.45, 7) is 2.94. The Balaban J connectivity index is 1.94. The number of rotatable bonds is 2. The molecule has 12 heavy (non-hydrogen) atoms. The minimum absolute atomic E-state index is 0.557. The second-order valence-corrected chi connectivity index (χ2v) is 3.23. The number of aromatic nitrogens is 2. The Morgan fingerprint density at radius 2 is 2.58 bits per heavy atom. The molecule has 0 amide bonds. The molecular formula is C8H13N3O. The SMILES string of the molecule is Cc1nc(CC2CCCN2)no1. The molecule has 1 aromatic heterocycles. The van der Waals surface area contributed by atoms with Crippen molar-refractivity contribution in [3.05, 3.63) is 11.7 Å². The Labute approximate surface area is 71.4 Å². The fraction of sp³-hybridized carbons (Fsp3) is 0.750. The largest absolute Gasteiger partial charge is 0.340 e. The number of hydrogen-bond donors (Lipinski definition) is 1. The molecule has 1 N–H and O–H groups in total. The number of nitrogens with zero attached hydrogens (tertiary/aromatic N) is 2. The molecule has 66 valence electrons. The summed E-state index contributed by atoms with van der Waals surface area (Å²) >= 11 is 0. The van der Waals surface area contributed by atoms with E-state index in [2.05, 4.69) is 15.5 Å². The Morgan fingerprint density at radius 1 is 1.67 bits per heavy atom. The first-order valence-corrected chi connectivity index (χ1v) is 4.37. The Morgan fingerprint density at radius 3 is 3.17 bits per heavy atom. The van der Waals surface area contributed by atoms with Crippen molar-refractivity contribution in [1.29, 1.82) is 0 Å². The molecule has 1 unspecified atom stereocenters. The molecule has 2 rings (SSSR count). The van der Waals surface area contributed by atoms with Crippen LogP contribution < -0.4 is 5.32 Å². The van der Waals surface area contributed by atoms with Gasteiger partial charge < -0.3 is 9.84 Å². The van der Waals surface area contributed by atoms with Gasteiger partial charge in [0.15, 0.2) is 5.82 Å². The zero-order valence-electron chi connectivity index (χ0n) is 7.21. The van der Waals surface area contributed by atoms with Crippen molar-refractivity contribution in [3.8, 4) is 0 Å². The van der Waals surface area contributed by atoms with Crippen molar-refractivity contribution in [1.82, 2.24) is 15.5 Å². The first-order chi connectivity index (χ1) is 5.84. The van der Waals surface area contributed by atoms with Crippen LogP contribution in [0.2, 0.25) is 0 Å². The zero-order valence-corrected chi connectivity index (χ0v) is 7.21. The maximum absolute atomic E-state index is 4.89. The predicted octanol–water partition coefficient (Wildman–Crippen LogP) is 0.673. The molecular weight excluding hydrogens is 154 g/mol. The lowest BCUT2D eigenvalue weighted by atomic mass is 10.1. The van der Waals surface area contributed by atoms with Crippen LogP contribution in [-0.2, 0) is 6.42 Å².